The zero-order valence-corrected chi connectivity index (χ0v) is 14.8. The van der Waals surface area contributed by atoms with E-state index >= 15 is 0 Å². The second kappa shape index (κ2) is 6.29. The van der Waals surface area contributed by atoms with Crippen LogP contribution in [-0.2, 0) is 4.79 Å². The lowest BCUT2D eigenvalue weighted by Gasteiger charge is -2.50. The number of hydrogen-bond acceptors (Lipinski definition) is 4. The van der Waals surface area contributed by atoms with Gasteiger partial charge in [-0.15, -0.1) is 30.1 Å². The lowest BCUT2D eigenvalue weighted by molar-refractivity contribution is -0.125. The molecule has 0 bridgehead atoms. The van der Waals surface area contributed by atoms with Crippen molar-refractivity contribution in [1.82, 2.24) is 4.90 Å². The highest BCUT2D eigenvalue weighted by molar-refractivity contribution is 8.18. The third-order valence-electron chi connectivity index (χ3n) is 5.48. The van der Waals surface area contributed by atoms with Gasteiger partial charge in [0, 0.05) is 12.1 Å². The molecule has 0 aromatic carbocycles. The fourth-order valence-electron chi connectivity index (χ4n) is 4.37. The molecule has 3 fully saturated rings. The second-order valence-corrected chi connectivity index (χ2v) is 10.1. The van der Waals surface area contributed by atoms with E-state index in [1.165, 1.54) is 37.2 Å². The third-order valence-corrected chi connectivity index (χ3v) is 8.89. The minimum atomic E-state index is 0.136. The van der Waals surface area contributed by atoms with Gasteiger partial charge >= 0.3 is 0 Å². The van der Waals surface area contributed by atoms with E-state index in [2.05, 4.69) is 48.0 Å². The molecule has 2 nitrogen and oxygen atoms in total. The second-order valence-electron chi connectivity index (χ2n) is 6.84. The van der Waals surface area contributed by atoms with Gasteiger partial charge in [-0.05, 0) is 56.5 Å². The van der Waals surface area contributed by atoms with Crippen LogP contribution in [0.25, 0.3) is 0 Å². The first-order valence-electron chi connectivity index (χ1n) is 8.25. The molecule has 3 aliphatic heterocycles. The zero-order valence-electron chi connectivity index (χ0n) is 13.2. The van der Waals surface area contributed by atoms with Crippen LogP contribution in [0, 0.1) is 5.92 Å². The summed E-state index contributed by atoms with van der Waals surface area (Å²) < 4.78 is 0.321. The van der Waals surface area contributed by atoms with Crippen molar-refractivity contribution in [3.8, 4) is 0 Å². The SMILES string of the molecule is C=C[C@H](C)[C@H]1CC[C@@H]2CC3(C[C@H](C(C)=O)N21)SCCCS3. The molecule has 3 saturated heterocycles. The van der Waals surface area contributed by atoms with Crippen molar-refractivity contribution in [2.75, 3.05) is 11.5 Å². The average molecular weight is 326 g/mol. The highest BCUT2D eigenvalue weighted by Crippen LogP contribution is 2.55. The van der Waals surface area contributed by atoms with Crippen molar-refractivity contribution in [1.29, 1.82) is 0 Å². The van der Waals surface area contributed by atoms with Crippen molar-refractivity contribution >= 4 is 29.3 Å². The largest absolute Gasteiger partial charge is 0.298 e. The van der Waals surface area contributed by atoms with Gasteiger partial charge in [-0.2, -0.15) is 0 Å². The van der Waals surface area contributed by atoms with Gasteiger partial charge in [0.05, 0.1) is 10.1 Å². The van der Waals surface area contributed by atoms with E-state index in [1.54, 1.807) is 6.92 Å². The molecule has 3 heterocycles. The molecule has 0 aromatic heterocycles. The zero-order chi connectivity index (χ0) is 15.0. The number of piperidine rings is 1. The Morgan fingerprint density at radius 3 is 2.67 bits per heavy atom. The number of carbonyl (C=O) groups is 1. The van der Waals surface area contributed by atoms with Crippen molar-refractivity contribution in [2.45, 2.75) is 68.2 Å². The van der Waals surface area contributed by atoms with Crippen molar-refractivity contribution < 1.29 is 4.79 Å². The van der Waals surface area contributed by atoms with E-state index in [9.17, 15) is 4.79 Å². The molecule has 21 heavy (non-hydrogen) atoms. The summed E-state index contributed by atoms with van der Waals surface area (Å²) in [5.41, 5.74) is 0. The minimum absolute atomic E-state index is 0.136. The lowest BCUT2D eigenvalue weighted by Crippen LogP contribution is -2.57. The van der Waals surface area contributed by atoms with Gasteiger partial charge in [0.25, 0.3) is 0 Å². The molecular weight excluding hydrogens is 298 g/mol. The predicted molar refractivity (Wildman–Crippen MR) is 94.0 cm³/mol. The van der Waals surface area contributed by atoms with Crippen LogP contribution >= 0.6 is 23.5 Å². The van der Waals surface area contributed by atoms with Crippen molar-refractivity contribution in [3.63, 3.8) is 0 Å². The van der Waals surface area contributed by atoms with Gasteiger partial charge in [-0.3, -0.25) is 9.69 Å². The Labute approximate surface area is 137 Å². The Bertz CT molecular complexity index is 419. The lowest BCUT2D eigenvalue weighted by atomic mass is 9.91. The van der Waals surface area contributed by atoms with Gasteiger partial charge in [0.15, 0.2) is 0 Å². The molecule has 3 aliphatic rings. The molecular formula is C17H27NOS2. The Kier molecular flexibility index (Phi) is 4.77. The smallest absolute Gasteiger partial charge is 0.147 e. The fourth-order valence-corrected chi connectivity index (χ4v) is 7.87. The number of hydrogen-bond donors (Lipinski definition) is 0. The molecule has 0 unspecified atom stereocenters. The van der Waals surface area contributed by atoms with E-state index in [0.29, 0.717) is 27.9 Å². The molecule has 1 spiro atoms. The minimum Gasteiger partial charge on any atom is -0.298 e. The van der Waals surface area contributed by atoms with Crippen LogP contribution in [0.3, 0.4) is 0 Å². The number of Topliss-reactive ketones (excluding diaryl/α,β-unsaturated/α-hetero) is 1. The van der Waals surface area contributed by atoms with E-state index in [4.69, 9.17) is 0 Å². The van der Waals surface area contributed by atoms with E-state index in [0.717, 1.165) is 6.42 Å². The molecule has 4 atom stereocenters. The van der Waals surface area contributed by atoms with E-state index in [-0.39, 0.29) is 6.04 Å². The first-order chi connectivity index (χ1) is 10.1. The Hall–Kier alpha value is 0.0700. The maximum absolute atomic E-state index is 12.3. The normalized spacial score (nSPS) is 37.1. The number of ketones is 1. The highest BCUT2D eigenvalue weighted by Gasteiger charge is 2.52. The maximum atomic E-state index is 12.3. The molecule has 0 amide bonds. The summed E-state index contributed by atoms with van der Waals surface area (Å²) in [5.74, 6) is 3.40. The van der Waals surface area contributed by atoms with Crippen LogP contribution in [-0.4, -0.2) is 44.4 Å². The van der Waals surface area contributed by atoms with E-state index in [1.807, 2.05) is 0 Å². The highest BCUT2D eigenvalue weighted by atomic mass is 32.2. The maximum Gasteiger partial charge on any atom is 0.147 e. The van der Waals surface area contributed by atoms with Gasteiger partial charge in [0.1, 0.15) is 5.78 Å². The molecule has 0 radical (unpaired) electrons. The number of fused-ring (bicyclic) bond motifs is 1. The topological polar surface area (TPSA) is 20.3 Å². The average Bonchev–Trinajstić information content (AvgIpc) is 2.89. The van der Waals surface area contributed by atoms with Crippen LogP contribution < -0.4 is 0 Å². The molecule has 3 rings (SSSR count). The van der Waals surface area contributed by atoms with Crippen LogP contribution in [0.5, 0.6) is 0 Å². The third kappa shape index (κ3) is 2.96. The predicted octanol–water partition coefficient (Wildman–Crippen LogP) is 3.96. The van der Waals surface area contributed by atoms with Gasteiger partial charge in [-0.25, -0.2) is 0 Å². The first-order valence-corrected chi connectivity index (χ1v) is 10.2. The van der Waals surface area contributed by atoms with Crippen molar-refractivity contribution in [2.24, 2.45) is 5.92 Å². The Morgan fingerprint density at radius 2 is 2.05 bits per heavy atom. The summed E-state index contributed by atoms with van der Waals surface area (Å²) in [6.45, 7) is 8.03. The van der Waals surface area contributed by atoms with Gasteiger partial charge in [0.2, 0.25) is 0 Å². The molecule has 118 valence electrons. The standard InChI is InChI=1S/C17H27NOS2/c1-4-12(2)15-7-6-14-10-17(20-8-5-9-21-17)11-16(13(3)19)18(14)15/h4,12,14-16H,1,5-11H2,2-3H3/t12-,14+,15+,16+/m0/s1. The summed E-state index contributed by atoms with van der Waals surface area (Å²) >= 11 is 4.27. The van der Waals surface area contributed by atoms with Crippen LogP contribution in [0.4, 0.5) is 0 Å². The van der Waals surface area contributed by atoms with Crippen LogP contribution in [0.2, 0.25) is 0 Å². The monoisotopic (exact) mass is 325 g/mol. The van der Waals surface area contributed by atoms with E-state index < -0.39 is 0 Å². The van der Waals surface area contributed by atoms with Gasteiger partial charge in [-0.1, -0.05) is 13.0 Å². The number of carbonyl (C=O) groups excluding carboxylic acids is 1. The van der Waals surface area contributed by atoms with Crippen LogP contribution in [0.15, 0.2) is 12.7 Å². The first kappa shape index (κ1) is 15.9. The van der Waals surface area contributed by atoms with Gasteiger partial charge < -0.3 is 0 Å². The molecule has 0 saturated carbocycles. The molecule has 0 aromatic rings. The summed E-state index contributed by atoms with van der Waals surface area (Å²) in [6, 6.07) is 1.27. The van der Waals surface area contributed by atoms with Crippen LogP contribution in [0.1, 0.15) is 46.0 Å². The molecule has 0 aliphatic carbocycles. The summed E-state index contributed by atoms with van der Waals surface area (Å²) in [5, 5.41) is 0. The summed E-state index contributed by atoms with van der Waals surface area (Å²) in [7, 11) is 0. The summed E-state index contributed by atoms with van der Waals surface area (Å²) in [4.78, 5) is 14.9. The molecule has 0 N–H and O–H groups in total. The molecule has 4 heteroatoms. The quantitative estimate of drug-likeness (QED) is 0.732. The van der Waals surface area contributed by atoms with Crippen molar-refractivity contribution in [3.05, 3.63) is 12.7 Å². The Balaban J connectivity index is 1.85. The Morgan fingerprint density at radius 1 is 1.33 bits per heavy atom. The number of thioether (sulfide) groups is 2. The number of rotatable bonds is 3. The fraction of sp³-hybridized carbons (Fsp3) is 0.824. The number of nitrogens with zero attached hydrogens (tertiary/aromatic N) is 1. The summed E-state index contributed by atoms with van der Waals surface area (Å²) in [6.07, 6.45) is 8.20.